The van der Waals surface area contributed by atoms with E-state index < -0.39 is 22.0 Å². The maximum atomic E-state index is 13.2. The first-order valence-corrected chi connectivity index (χ1v) is 12.3. The summed E-state index contributed by atoms with van der Waals surface area (Å²) in [7, 11) is -2.77. The van der Waals surface area contributed by atoms with Crippen molar-refractivity contribution in [2.45, 2.75) is 23.9 Å². The van der Waals surface area contributed by atoms with Gasteiger partial charge in [0, 0.05) is 11.6 Å². The van der Waals surface area contributed by atoms with Crippen LogP contribution in [0.4, 0.5) is 0 Å². The molecule has 8 nitrogen and oxygen atoms in total. The minimum atomic E-state index is -4.14. The predicted octanol–water partition coefficient (Wildman–Crippen LogP) is 3.28. The Morgan fingerprint density at radius 2 is 1.79 bits per heavy atom. The second-order valence-electron chi connectivity index (χ2n) is 7.56. The van der Waals surface area contributed by atoms with Crippen LogP contribution < -0.4 is 24.2 Å². The van der Waals surface area contributed by atoms with E-state index in [1.165, 1.54) is 25.3 Å². The molecule has 2 N–H and O–H groups in total. The number of hydrogen-bond donors (Lipinski definition) is 2. The lowest BCUT2D eigenvalue weighted by Gasteiger charge is -2.20. The Kier molecular flexibility index (Phi) is 7.26. The zero-order chi connectivity index (χ0) is 24.1. The molecule has 3 aromatic carbocycles. The summed E-state index contributed by atoms with van der Waals surface area (Å²) in [5.41, 5.74) is 1.59. The SMILES string of the molecule is COc1ccc(Cl)cc1S(=O)(=O)N[C@H](Cc1ccccc1)C(=O)NCc1ccc2c(c1)OCO2. The Morgan fingerprint density at radius 3 is 2.56 bits per heavy atom. The fourth-order valence-electron chi connectivity index (χ4n) is 3.51. The first-order chi connectivity index (χ1) is 16.4. The Balaban J connectivity index is 1.55. The molecule has 1 amide bonds. The largest absolute Gasteiger partial charge is 0.495 e. The standard InChI is InChI=1S/C24H23ClN2O6S/c1-31-21-10-8-18(25)13-23(21)34(29,30)27-19(11-16-5-3-2-4-6-16)24(28)26-14-17-7-9-20-22(12-17)33-15-32-20/h2-10,12-13,19,27H,11,14-15H2,1H3,(H,26,28)/t19-/m1/s1. The molecule has 0 unspecified atom stereocenters. The molecule has 1 aliphatic heterocycles. The summed E-state index contributed by atoms with van der Waals surface area (Å²) in [6, 6.07) is 17.7. The molecule has 1 aliphatic rings. The van der Waals surface area contributed by atoms with Crippen molar-refractivity contribution < 1.29 is 27.4 Å². The summed E-state index contributed by atoms with van der Waals surface area (Å²) in [5.74, 6) is 0.879. The Hall–Kier alpha value is -3.27. The fraction of sp³-hybridized carbons (Fsp3) is 0.208. The second kappa shape index (κ2) is 10.3. The number of ether oxygens (including phenoxy) is 3. The zero-order valence-electron chi connectivity index (χ0n) is 18.3. The molecule has 0 saturated carbocycles. The summed E-state index contributed by atoms with van der Waals surface area (Å²) < 4.78 is 44.8. The first kappa shape index (κ1) is 23.9. The van der Waals surface area contributed by atoms with Crippen LogP contribution >= 0.6 is 11.6 Å². The van der Waals surface area contributed by atoms with Gasteiger partial charge in [0.2, 0.25) is 22.7 Å². The lowest BCUT2D eigenvalue weighted by Crippen LogP contribution is -2.47. The highest BCUT2D eigenvalue weighted by Gasteiger charge is 2.28. The van der Waals surface area contributed by atoms with Gasteiger partial charge >= 0.3 is 0 Å². The molecule has 3 aromatic rings. The smallest absolute Gasteiger partial charge is 0.245 e. The van der Waals surface area contributed by atoms with Crippen molar-refractivity contribution in [2.75, 3.05) is 13.9 Å². The summed E-state index contributed by atoms with van der Waals surface area (Å²) in [6.07, 6.45) is 0.149. The molecule has 0 fully saturated rings. The van der Waals surface area contributed by atoms with Gasteiger partial charge in [-0.05, 0) is 47.9 Å². The molecule has 1 heterocycles. The summed E-state index contributed by atoms with van der Waals surface area (Å²) in [5, 5.41) is 3.03. The van der Waals surface area contributed by atoms with Gasteiger partial charge in [0.05, 0.1) is 7.11 Å². The van der Waals surface area contributed by atoms with Crippen molar-refractivity contribution in [3.8, 4) is 17.2 Å². The van der Waals surface area contributed by atoms with Crippen LogP contribution in [0.2, 0.25) is 5.02 Å². The monoisotopic (exact) mass is 502 g/mol. The summed E-state index contributed by atoms with van der Waals surface area (Å²) >= 11 is 6.02. The van der Waals surface area contributed by atoms with Gasteiger partial charge in [-0.1, -0.05) is 48.0 Å². The van der Waals surface area contributed by atoms with Crippen LogP contribution in [0.5, 0.6) is 17.2 Å². The quantitative estimate of drug-likeness (QED) is 0.465. The van der Waals surface area contributed by atoms with Gasteiger partial charge in [-0.25, -0.2) is 8.42 Å². The average Bonchev–Trinajstić information content (AvgIpc) is 3.30. The van der Waals surface area contributed by atoms with Crippen LogP contribution in [0.1, 0.15) is 11.1 Å². The number of carbonyl (C=O) groups is 1. The van der Waals surface area contributed by atoms with E-state index in [0.29, 0.717) is 11.5 Å². The summed E-state index contributed by atoms with van der Waals surface area (Å²) in [6.45, 7) is 0.335. The number of carbonyl (C=O) groups excluding carboxylic acids is 1. The average molecular weight is 503 g/mol. The van der Waals surface area contributed by atoms with Crippen LogP contribution in [0.3, 0.4) is 0 Å². The number of sulfonamides is 1. The highest BCUT2D eigenvalue weighted by Crippen LogP contribution is 2.32. The second-order valence-corrected chi connectivity index (χ2v) is 9.68. The van der Waals surface area contributed by atoms with Crippen molar-refractivity contribution in [1.82, 2.24) is 10.0 Å². The lowest BCUT2D eigenvalue weighted by atomic mass is 10.1. The Labute approximate surface area is 202 Å². The van der Waals surface area contributed by atoms with Crippen LogP contribution in [0.15, 0.2) is 71.6 Å². The minimum absolute atomic E-state index is 0.121. The highest BCUT2D eigenvalue weighted by molar-refractivity contribution is 7.89. The maximum absolute atomic E-state index is 13.2. The molecule has 34 heavy (non-hydrogen) atoms. The molecule has 4 rings (SSSR count). The van der Waals surface area contributed by atoms with Gasteiger partial charge in [-0.2, -0.15) is 4.72 Å². The highest BCUT2D eigenvalue weighted by atomic mass is 35.5. The lowest BCUT2D eigenvalue weighted by molar-refractivity contribution is -0.122. The van der Waals surface area contributed by atoms with Crippen LogP contribution in [0, 0.1) is 0 Å². The van der Waals surface area contributed by atoms with Crippen molar-refractivity contribution in [1.29, 1.82) is 0 Å². The molecular formula is C24H23ClN2O6S. The van der Waals surface area contributed by atoms with E-state index in [0.717, 1.165) is 11.1 Å². The Morgan fingerprint density at radius 1 is 1.03 bits per heavy atom. The van der Waals surface area contributed by atoms with Gasteiger partial charge in [0.15, 0.2) is 11.5 Å². The van der Waals surface area contributed by atoms with Gasteiger partial charge in [-0.15, -0.1) is 0 Å². The molecule has 10 heteroatoms. The van der Waals surface area contributed by atoms with Crippen LogP contribution in [-0.4, -0.2) is 34.3 Å². The number of rotatable bonds is 9. The molecule has 0 spiro atoms. The number of methoxy groups -OCH3 is 1. The molecule has 0 bridgehead atoms. The van der Waals surface area contributed by atoms with Crippen molar-refractivity contribution >= 4 is 27.5 Å². The number of nitrogens with one attached hydrogen (secondary N) is 2. The Bertz CT molecular complexity index is 1280. The molecule has 178 valence electrons. The topological polar surface area (TPSA) is 103 Å². The third-order valence-corrected chi connectivity index (χ3v) is 6.94. The predicted molar refractivity (Wildman–Crippen MR) is 127 cm³/mol. The number of halogens is 1. The van der Waals surface area contributed by atoms with Gasteiger partial charge in [0.25, 0.3) is 0 Å². The third kappa shape index (κ3) is 5.61. The van der Waals surface area contributed by atoms with Gasteiger partial charge in [-0.3, -0.25) is 4.79 Å². The van der Waals surface area contributed by atoms with E-state index >= 15 is 0 Å². The normalized spacial score (nSPS) is 13.4. The minimum Gasteiger partial charge on any atom is -0.495 e. The van der Waals surface area contributed by atoms with Gasteiger partial charge < -0.3 is 19.5 Å². The molecule has 1 atom stereocenters. The van der Waals surface area contributed by atoms with Crippen LogP contribution in [0.25, 0.3) is 0 Å². The van der Waals surface area contributed by atoms with Crippen LogP contribution in [-0.2, 0) is 27.8 Å². The molecule has 0 saturated heterocycles. The number of benzene rings is 3. The van der Waals surface area contributed by atoms with Crippen molar-refractivity contribution in [3.63, 3.8) is 0 Å². The number of fused-ring (bicyclic) bond motifs is 1. The van der Waals surface area contributed by atoms with E-state index in [-0.39, 0.29) is 35.4 Å². The molecular weight excluding hydrogens is 480 g/mol. The third-order valence-electron chi connectivity index (χ3n) is 5.22. The van der Waals surface area contributed by atoms with E-state index in [4.69, 9.17) is 25.8 Å². The number of hydrogen-bond acceptors (Lipinski definition) is 6. The van der Waals surface area contributed by atoms with Gasteiger partial charge in [0.1, 0.15) is 16.7 Å². The van der Waals surface area contributed by atoms with Crippen molar-refractivity contribution in [3.05, 3.63) is 82.9 Å². The van der Waals surface area contributed by atoms with E-state index in [9.17, 15) is 13.2 Å². The molecule has 0 aliphatic carbocycles. The number of amides is 1. The fourth-order valence-corrected chi connectivity index (χ4v) is 5.14. The molecule has 0 radical (unpaired) electrons. The maximum Gasteiger partial charge on any atom is 0.245 e. The van der Waals surface area contributed by atoms with E-state index in [1.54, 1.807) is 18.2 Å². The summed E-state index contributed by atoms with van der Waals surface area (Å²) in [4.78, 5) is 13.0. The van der Waals surface area contributed by atoms with E-state index in [1.807, 2.05) is 30.3 Å². The first-order valence-electron chi connectivity index (χ1n) is 10.4. The zero-order valence-corrected chi connectivity index (χ0v) is 19.9. The van der Waals surface area contributed by atoms with Crippen molar-refractivity contribution in [2.24, 2.45) is 0 Å². The molecule has 0 aromatic heterocycles. The van der Waals surface area contributed by atoms with E-state index in [2.05, 4.69) is 10.0 Å².